The quantitative estimate of drug-likeness (QED) is 0.640. The van der Waals surface area contributed by atoms with Gasteiger partial charge >= 0.3 is 5.97 Å². The topological polar surface area (TPSA) is 101 Å². The molecule has 0 saturated heterocycles. The molecule has 2 atom stereocenters. The summed E-state index contributed by atoms with van der Waals surface area (Å²) in [4.78, 5) is 35.8. The minimum atomic E-state index is -0.909. The van der Waals surface area contributed by atoms with Crippen LogP contribution in [0.15, 0.2) is 48.5 Å². The van der Waals surface area contributed by atoms with Gasteiger partial charge in [0.2, 0.25) is 5.91 Å². The molecule has 27 heavy (non-hydrogen) atoms. The first kappa shape index (κ1) is 18.6. The summed E-state index contributed by atoms with van der Waals surface area (Å²) in [5.74, 6) is -2.18. The van der Waals surface area contributed by atoms with Gasteiger partial charge in [-0.25, -0.2) is 0 Å². The smallest absolute Gasteiger partial charge is 0.307 e. The molecule has 7 heteroatoms. The van der Waals surface area contributed by atoms with E-state index in [2.05, 4.69) is 0 Å². The molecule has 0 unspecified atom stereocenters. The van der Waals surface area contributed by atoms with E-state index >= 15 is 0 Å². The number of rotatable bonds is 5. The lowest BCUT2D eigenvalue weighted by Crippen LogP contribution is -2.36. The summed E-state index contributed by atoms with van der Waals surface area (Å²) >= 11 is 0. The van der Waals surface area contributed by atoms with Crippen LogP contribution >= 0.6 is 0 Å². The van der Waals surface area contributed by atoms with E-state index in [1.54, 1.807) is 31.3 Å². The Bertz CT molecular complexity index is 861. The van der Waals surface area contributed by atoms with E-state index in [4.69, 9.17) is 0 Å². The van der Waals surface area contributed by atoms with Crippen molar-refractivity contribution in [3.8, 4) is 11.1 Å². The van der Waals surface area contributed by atoms with Gasteiger partial charge in [0.15, 0.2) is 0 Å². The summed E-state index contributed by atoms with van der Waals surface area (Å²) in [5, 5.41) is 20.0. The number of nitrogens with zero attached hydrogens (tertiary/aromatic N) is 2. The van der Waals surface area contributed by atoms with Crippen molar-refractivity contribution in [2.75, 3.05) is 11.9 Å². The molecule has 1 aliphatic rings. The molecule has 1 fully saturated rings. The molecule has 2 aromatic rings. The molecule has 0 radical (unpaired) electrons. The highest BCUT2D eigenvalue weighted by molar-refractivity contribution is 5.97. The zero-order valence-electron chi connectivity index (χ0n) is 14.9. The fourth-order valence-electron chi connectivity index (χ4n) is 3.58. The van der Waals surface area contributed by atoms with Crippen LogP contribution in [0.3, 0.4) is 0 Å². The highest BCUT2D eigenvalue weighted by Gasteiger charge is 2.39. The number of hydrogen-bond donors (Lipinski definition) is 1. The second-order valence-corrected chi connectivity index (χ2v) is 6.73. The summed E-state index contributed by atoms with van der Waals surface area (Å²) in [6.45, 7) is 0. The molecule has 0 heterocycles. The molecule has 1 saturated carbocycles. The number of hydrogen-bond acceptors (Lipinski definition) is 4. The third-order valence-corrected chi connectivity index (χ3v) is 5.15. The summed E-state index contributed by atoms with van der Waals surface area (Å²) in [6, 6.07) is 13.5. The number of benzene rings is 2. The van der Waals surface area contributed by atoms with Gasteiger partial charge in [0.1, 0.15) is 0 Å². The van der Waals surface area contributed by atoms with Crippen LogP contribution in [0.2, 0.25) is 0 Å². The number of carboxylic acids is 1. The Kier molecular flexibility index (Phi) is 5.21. The van der Waals surface area contributed by atoms with Gasteiger partial charge in [-0.15, -0.1) is 0 Å². The van der Waals surface area contributed by atoms with Crippen LogP contribution in [0.5, 0.6) is 0 Å². The third-order valence-electron chi connectivity index (χ3n) is 5.15. The molecule has 0 aliphatic heterocycles. The van der Waals surface area contributed by atoms with Gasteiger partial charge in [-0.1, -0.05) is 18.6 Å². The number of non-ortho nitro benzene ring substituents is 1. The highest BCUT2D eigenvalue weighted by Crippen LogP contribution is 2.34. The van der Waals surface area contributed by atoms with Crippen molar-refractivity contribution in [1.29, 1.82) is 0 Å². The Morgan fingerprint density at radius 3 is 2.04 bits per heavy atom. The Morgan fingerprint density at radius 1 is 1.00 bits per heavy atom. The van der Waals surface area contributed by atoms with Crippen LogP contribution in [0, 0.1) is 22.0 Å². The number of nitro groups is 1. The van der Waals surface area contributed by atoms with Gasteiger partial charge in [-0.2, -0.15) is 0 Å². The number of aliphatic carboxylic acids is 1. The van der Waals surface area contributed by atoms with E-state index in [1.165, 1.54) is 17.0 Å². The first-order valence-electron chi connectivity index (χ1n) is 8.73. The van der Waals surface area contributed by atoms with Crippen molar-refractivity contribution in [3.05, 3.63) is 58.6 Å². The van der Waals surface area contributed by atoms with Crippen molar-refractivity contribution < 1.29 is 19.6 Å². The maximum absolute atomic E-state index is 12.7. The average molecular weight is 368 g/mol. The second-order valence-electron chi connectivity index (χ2n) is 6.73. The largest absolute Gasteiger partial charge is 0.481 e. The van der Waals surface area contributed by atoms with Crippen LogP contribution in [0.25, 0.3) is 11.1 Å². The fraction of sp³-hybridized carbons (Fsp3) is 0.300. The number of amides is 1. The second kappa shape index (κ2) is 7.57. The van der Waals surface area contributed by atoms with Gasteiger partial charge in [-0.3, -0.25) is 19.7 Å². The molecule has 0 aromatic heterocycles. The Balaban J connectivity index is 1.75. The van der Waals surface area contributed by atoms with E-state index < -0.39 is 22.7 Å². The van der Waals surface area contributed by atoms with Crippen molar-refractivity contribution >= 4 is 23.3 Å². The lowest BCUT2D eigenvalue weighted by molar-refractivity contribution is -0.384. The van der Waals surface area contributed by atoms with Crippen LogP contribution in [-0.4, -0.2) is 29.0 Å². The number of carbonyl (C=O) groups excluding carboxylic acids is 1. The lowest BCUT2D eigenvalue weighted by Gasteiger charge is -2.23. The Labute approximate surface area is 156 Å². The van der Waals surface area contributed by atoms with Gasteiger partial charge in [0, 0.05) is 24.9 Å². The van der Waals surface area contributed by atoms with E-state index in [9.17, 15) is 24.8 Å². The van der Waals surface area contributed by atoms with Crippen molar-refractivity contribution in [3.63, 3.8) is 0 Å². The van der Waals surface area contributed by atoms with Crippen molar-refractivity contribution in [2.45, 2.75) is 19.3 Å². The van der Waals surface area contributed by atoms with Gasteiger partial charge in [0.25, 0.3) is 5.69 Å². The predicted molar refractivity (Wildman–Crippen MR) is 100 cm³/mol. The Hall–Kier alpha value is -3.22. The van der Waals surface area contributed by atoms with Crippen LogP contribution < -0.4 is 4.90 Å². The Morgan fingerprint density at radius 2 is 1.52 bits per heavy atom. The summed E-state index contributed by atoms with van der Waals surface area (Å²) in [6.07, 6.45) is 1.89. The zero-order valence-corrected chi connectivity index (χ0v) is 14.9. The first-order valence-corrected chi connectivity index (χ1v) is 8.73. The van der Waals surface area contributed by atoms with Crippen molar-refractivity contribution in [2.24, 2.45) is 11.8 Å². The maximum Gasteiger partial charge on any atom is 0.307 e. The monoisotopic (exact) mass is 368 g/mol. The molecular formula is C20H20N2O5. The zero-order chi connectivity index (χ0) is 19.6. The average Bonchev–Trinajstić information content (AvgIpc) is 3.17. The molecule has 1 N–H and O–H groups in total. The SMILES string of the molecule is CN(C(=O)[C@@H]1CCC[C@H]1C(=O)O)c1ccc(-c2ccc([N+](=O)[O-])cc2)cc1. The number of anilines is 1. The van der Waals surface area contributed by atoms with E-state index in [-0.39, 0.29) is 11.6 Å². The van der Waals surface area contributed by atoms with Crippen molar-refractivity contribution in [1.82, 2.24) is 0 Å². The van der Waals surface area contributed by atoms with Gasteiger partial charge in [-0.05, 0) is 48.2 Å². The first-order chi connectivity index (χ1) is 12.9. The normalized spacial score (nSPS) is 18.9. The van der Waals surface area contributed by atoms with E-state index in [0.717, 1.165) is 17.5 Å². The summed E-state index contributed by atoms with van der Waals surface area (Å²) in [7, 11) is 1.65. The molecule has 1 amide bonds. The maximum atomic E-state index is 12.7. The molecule has 2 aromatic carbocycles. The molecular weight excluding hydrogens is 348 g/mol. The van der Waals surface area contributed by atoms with E-state index in [0.29, 0.717) is 18.5 Å². The molecule has 140 valence electrons. The minimum absolute atomic E-state index is 0.0326. The highest BCUT2D eigenvalue weighted by atomic mass is 16.6. The van der Waals surface area contributed by atoms with Crippen LogP contribution in [0.1, 0.15) is 19.3 Å². The molecule has 7 nitrogen and oxygen atoms in total. The summed E-state index contributed by atoms with van der Waals surface area (Å²) < 4.78 is 0. The van der Waals surface area contributed by atoms with Gasteiger partial charge in [0.05, 0.1) is 16.8 Å². The van der Waals surface area contributed by atoms with Gasteiger partial charge < -0.3 is 10.0 Å². The molecule has 0 bridgehead atoms. The fourth-order valence-corrected chi connectivity index (χ4v) is 3.58. The standard InChI is InChI=1S/C20H20N2O5/c1-21(19(23)17-3-2-4-18(17)20(24)25)15-9-5-13(6-10-15)14-7-11-16(12-8-14)22(26)27/h5-12,17-18H,2-4H2,1H3,(H,24,25)/t17-,18-/m1/s1. The lowest BCUT2D eigenvalue weighted by atomic mass is 9.94. The third kappa shape index (κ3) is 3.81. The molecule has 3 rings (SSSR count). The van der Waals surface area contributed by atoms with Crippen LogP contribution in [0.4, 0.5) is 11.4 Å². The number of carboxylic acid groups (broad SMARTS) is 1. The number of nitro benzene ring substituents is 1. The molecule has 0 spiro atoms. The predicted octanol–water partition coefficient (Wildman–Crippen LogP) is 3.73. The minimum Gasteiger partial charge on any atom is -0.481 e. The molecule has 1 aliphatic carbocycles. The van der Waals surface area contributed by atoms with Crippen LogP contribution in [-0.2, 0) is 9.59 Å². The summed E-state index contributed by atoms with van der Waals surface area (Å²) in [5.41, 5.74) is 2.42. The van der Waals surface area contributed by atoms with E-state index in [1.807, 2.05) is 12.1 Å². The number of carbonyl (C=O) groups is 2.